The molecular formula is C14H18ClN5O. The summed E-state index contributed by atoms with van der Waals surface area (Å²) in [5, 5.41) is 9.41. The topological polar surface area (TPSA) is 65.4 Å². The molecule has 0 aliphatic carbocycles. The maximum atomic E-state index is 9.27. The van der Waals surface area contributed by atoms with Crippen molar-refractivity contribution in [2.45, 2.75) is 6.54 Å². The quantitative estimate of drug-likeness (QED) is 0.874. The van der Waals surface area contributed by atoms with Gasteiger partial charge in [0.2, 0.25) is 17.2 Å². The second-order valence-electron chi connectivity index (χ2n) is 4.73. The third-order valence-corrected chi connectivity index (χ3v) is 3.02. The van der Waals surface area contributed by atoms with Gasteiger partial charge >= 0.3 is 0 Å². The van der Waals surface area contributed by atoms with Gasteiger partial charge in [-0.2, -0.15) is 15.0 Å². The van der Waals surface area contributed by atoms with E-state index in [-0.39, 0.29) is 11.9 Å². The molecular weight excluding hydrogens is 290 g/mol. The van der Waals surface area contributed by atoms with E-state index < -0.39 is 0 Å². The highest BCUT2D eigenvalue weighted by Crippen LogP contribution is 2.17. The van der Waals surface area contributed by atoms with Gasteiger partial charge in [0.25, 0.3) is 0 Å². The molecule has 0 saturated carbocycles. The molecule has 21 heavy (non-hydrogen) atoms. The first-order valence-corrected chi connectivity index (χ1v) is 6.96. The van der Waals surface area contributed by atoms with E-state index in [0.29, 0.717) is 25.0 Å². The Morgan fingerprint density at radius 3 is 2.33 bits per heavy atom. The summed E-state index contributed by atoms with van der Waals surface area (Å²) in [6.07, 6.45) is 0. The van der Waals surface area contributed by atoms with Crippen molar-refractivity contribution in [3.8, 4) is 0 Å². The molecule has 2 rings (SSSR count). The highest BCUT2D eigenvalue weighted by Gasteiger charge is 2.14. The predicted octanol–water partition coefficient (Wildman–Crippen LogP) is 1.59. The van der Waals surface area contributed by atoms with E-state index in [1.54, 1.807) is 4.90 Å². The van der Waals surface area contributed by atoms with E-state index in [1.807, 2.05) is 49.3 Å². The summed E-state index contributed by atoms with van der Waals surface area (Å²) < 4.78 is 0. The maximum absolute atomic E-state index is 9.27. The third kappa shape index (κ3) is 4.27. The molecule has 7 heteroatoms. The molecule has 1 heterocycles. The van der Waals surface area contributed by atoms with Gasteiger partial charge in [0.1, 0.15) is 0 Å². The minimum absolute atomic E-state index is 0.00737. The lowest BCUT2D eigenvalue weighted by Crippen LogP contribution is -2.29. The molecule has 0 atom stereocenters. The number of anilines is 2. The lowest BCUT2D eigenvalue weighted by atomic mass is 10.2. The van der Waals surface area contributed by atoms with E-state index >= 15 is 0 Å². The van der Waals surface area contributed by atoms with E-state index in [1.165, 1.54) is 0 Å². The van der Waals surface area contributed by atoms with Crippen LogP contribution in [0.2, 0.25) is 5.28 Å². The maximum Gasteiger partial charge on any atom is 0.231 e. The van der Waals surface area contributed by atoms with E-state index in [0.717, 1.165) is 5.56 Å². The SMILES string of the molecule is CN(C)c1nc(Cl)nc(N(CCO)Cc2ccccc2)n1. The van der Waals surface area contributed by atoms with Crippen molar-refractivity contribution in [2.75, 3.05) is 37.0 Å². The van der Waals surface area contributed by atoms with Crippen LogP contribution < -0.4 is 9.80 Å². The van der Waals surface area contributed by atoms with Gasteiger partial charge in [-0.25, -0.2) is 0 Å². The summed E-state index contributed by atoms with van der Waals surface area (Å²) in [5.74, 6) is 0.942. The van der Waals surface area contributed by atoms with Crippen LogP contribution in [0.1, 0.15) is 5.56 Å². The zero-order valence-corrected chi connectivity index (χ0v) is 12.8. The van der Waals surface area contributed by atoms with Crippen LogP contribution in [0.5, 0.6) is 0 Å². The zero-order chi connectivity index (χ0) is 15.2. The van der Waals surface area contributed by atoms with Crippen molar-refractivity contribution in [3.63, 3.8) is 0 Å². The molecule has 0 aliphatic heterocycles. The number of aromatic nitrogens is 3. The van der Waals surface area contributed by atoms with Crippen LogP contribution in [0.15, 0.2) is 30.3 Å². The molecule has 0 bridgehead atoms. The number of hydrogen-bond acceptors (Lipinski definition) is 6. The molecule has 0 amide bonds. The van der Waals surface area contributed by atoms with Gasteiger partial charge in [0, 0.05) is 27.2 Å². The Balaban J connectivity index is 2.29. The first kappa shape index (κ1) is 15.5. The summed E-state index contributed by atoms with van der Waals surface area (Å²) in [6, 6.07) is 9.93. The van der Waals surface area contributed by atoms with Gasteiger partial charge < -0.3 is 14.9 Å². The summed E-state index contributed by atoms with van der Waals surface area (Å²) in [4.78, 5) is 16.2. The number of nitrogens with zero attached hydrogens (tertiary/aromatic N) is 5. The summed E-state index contributed by atoms with van der Waals surface area (Å²) in [7, 11) is 3.67. The number of aliphatic hydroxyl groups excluding tert-OH is 1. The normalized spacial score (nSPS) is 10.5. The fourth-order valence-corrected chi connectivity index (χ4v) is 2.00. The fourth-order valence-electron chi connectivity index (χ4n) is 1.85. The number of aliphatic hydroxyl groups is 1. The Labute approximate surface area is 129 Å². The van der Waals surface area contributed by atoms with Crippen molar-refractivity contribution >= 4 is 23.5 Å². The molecule has 1 aromatic carbocycles. The first-order chi connectivity index (χ1) is 10.1. The third-order valence-electron chi connectivity index (χ3n) is 2.85. The Morgan fingerprint density at radius 1 is 1.05 bits per heavy atom. The molecule has 0 aliphatic rings. The molecule has 6 nitrogen and oxygen atoms in total. The molecule has 1 aromatic heterocycles. The minimum Gasteiger partial charge on any atom is -0.395 e. The van der Waals surface area contributed by atoms with Crippen molar-refractivity contribution in [1.29, 1.82) is 0 Å². The molecule has 112 valence electrons. The molecule has 2 aromatic rings. The van der Waals surface area contributed by atoms with E-state index in [4.69, 9.17) is 11.6 Å². The average Bonchev–Trinajstić information content (AvgIpc) is 2.47. The van der Waals surface area contributed by atoms with Crippen LogP contribution in [0.3, 0.4) is 0 Å². The first-order valence-electron chi connectivity index (χ1n) is 6.59. The van der Waals surface area contributed by atoms with Crippen molar-refractivity contribution in [2.24, 2.45) is 0 Å². The Bertz CT molecular complexity index is 579. The van der Waals surface area contributed by atoms with Gasteiger partial charge in [0.15, 0.2) is 0 Å². The van der Waals surface area contributed by atoms with Crippen LogP contribution in [0.25, 0.3) is 0 Å². The van der Waals surface area contributed by atoms with Gasteiger partial charge in [-0.3, -0.25) is 0 Å². The van der Waals surface area contributed by atoms with Gasteiger partial charge in [-0.1, -0.05) is 30.3 Å². The van der Waals surface area contributed by atoms with Gasteiger partial charge in [-0.15, -0.1) is 0 Å². The van der Waals surface area contributed by atoms with Crippen LogP contribution >= 0.6 is 11.6 Å². The predicted molar refractivity (Wildman–Crippen MR) is 83.7 cm³/mol. The Morgan fingerprint density at radius 2 is 1.71 bits per heavy atom. The minimum atomic E-state index is 0.00737. The highest BCUT2D eigenvalue weighted by atomic mass is 35.5. The smallest absolute Gasteiger partial charge is 0.231 e. The molecule has 0 unspecified atom stereocenters. The fraction of sp³-hybridized carbons (Fsp3) is 0.357. The molecule has 0 spiro atoms. The molecule has 0 radical (unpaired) electrons. The Hall–Kier alpha value is -1.92. The summed E-state index contributed by atoms with van der Waals surface area (Å²) in [5.41, 5.74) is 1.11. The monoisotopic (exact) mass is 307 g/mol. The molecule has 1 N–H and O–H groups in total. The van der Waals surface area contributed by atoms with Gasteiger partial charge in [-0.05, 0) is 17.2 Å². The van der Waals surface area contributed by atoms with Crippen molar-refractivity contribution < 1.29 is 5.11 Å². The number of benzene rings is 1. The van der Waals surface area contributed by atoms with Crippen molar-refractivity contribution in [3.05, 3.63) is 41.2 Å². The van der Waals surface area contributed by atoms with Crippen LogP contribution in [0, 0.1) is 0 Å². The van der Waals surface area contributed by atoms with Crippen LogP contribution in [0.4, 0.5) is 11.9 Å². The molecule has 0 saturated heterocycles. The number of halogens is 1. The van der Waals surface area contributed by atoms with Crippen LogP contribution in [-0.2, 0) is 6.54 Å². The Kier molecular flexibility index (Phi) is 5.30. The van der Waals surface area contributed by atoms with E-state index in [9.17, 15) is 5.11 Å². The standard InChI is InChI=1S/C14H18ClN5O/c1-19(2)13-16-12(15)17-14(18-13)20(8-9-21)10-11-6-4-3-5-7-11/h3-7,21H,8-10H2,1-2H3. The number of rotatable bonds is 6. The highest BCUT2D eigenvalue weighted by molar-refractivity contribution is 6.28. The largest absolute Gasteiger partial charge is 0.395 e. The number of hydrogen-bond donors (Lipinski definition) is 1. The second kappa shape index (κ2) is 7.19. The van der Waals surface area contributed by atoms with Crippen LogP contribution in [-0.4, -0.2) is 47.3 Å². The summed E-state index contributed by atoms with van der Waals surface area (Å²) in [6.45, 7) is 1.02. The van der Waals surface area contributed by atoms with Gasteiger partial charge in [0.05, 0.1) is 6.61 Å². The van der Waals surface area contributed by atoms with Crippen molar-refractivity contribution in [1.82, 2.24) is 15.0 Å². The zero-order valence-electron chi connectivity index (χ0n) is 12.1. The summed E-state index contributed by atoms with van der Waals surface area (Å²) >= 11 is 5.96. The lowest BCUT2D eigenvalue weighted by Gasteiger charge is -2.23. The lowest BCUT2D eigenvalue weighted by molar-refractivity contribution is 0.300. The van der Waals surface area contributed by atoms with E-state index in [2.05, 4.69) is 15.0 Å². The molecule has 0 fully saturated rings. The second-order valence-corrected chi connectivity index (χ2v) is 5.07. The average molecular weight is 308 g/mol.